The quantitative estimate of drug-likeness (QED) is 0.149. The van der Waals surface area contributed by atoms with Crippen LogP contribution in [-0.2, 0) is 5.41 Å². The molecule has 8 aromatic carbocycles. The number of nitrogens with zero attached hydrogens (tertiary/aromatic N) is 3. The predicted molar refractivity (Wildman–Crippen MR) is 271 cm³/mol. The molecule has 0 saturated carbocycles. The SMILES string of the molecule is CCC(C)(C)c1ccc(-n2c(-c3cc(C)cc(C)c3O)nc3c(-c4cc(-c5ccccc5)cc(-c5cc(-c6ccc(-c7ccccc7)cc6)ccn5)c4)cccc32)c(-c2ccccc2)c1. The number of aryl methyl sites for hydroxylation is 2. The number of rotatable bonds is 10. The van der Waals surface area contributed by atoms with Crippen molar-refractivity contribution in [3.05, 3.63) is 217 Å². The van der Waals surface area contributed by atoms with E-state index >= 15 is 0 Å². The second kappa shape index (κ2) is 17.0. The normalized spacial score (nSPS) is 11.6. The van der Waals surface area contributed by atoms with Gasteiger partial charge in [0.1, 0.15) is 11.6 Å². The Morgan fingerprint density at radius 2 is 1.09 bits per heavy atom. The summed E-state index contributed by atoms with van der Waals surface area (Å²) in [6, 6.07) is 68.8. The van der Waals surface area contributed by atoms with Crippen molar-refractivity contribution in [2.24, 2.45) is 0 Å². The highest BCUT2D eigenvalue weighted by molar-refractivity contribution is 5.98. The van der Waals surface area contributed by atoms with Gasteiger partial charge in [-0.1, -0.05) is 160 Å². The van der Waals surface area contributed by atoms with Crippen molar-refractivity contribution in [3.63, 3.8) is 0 Å². The second-order valence-corrected chi connectivity index (χ2v) is 17.8. The molecule has 0 bridgehead atoms. The highest BCUT2D eigenvalue weighted by atomic mass is 16.3. The molecule has 0 aliphatic rings. The van der Waals surface area contributed by atoms with Crippen LogP contribution < -0.4 is 0 Å². The number of phenolic OH excluding ortho intramolecular Hbond substituents is 1. The first-order valence-corrected chi connectivity index (χ1v) is 22.5. The molecule has 316 valence electrons. The number of hydrogen-bond donors (Lipinski definition) is 1. The summed E-state index contributed by atoms with van der Waals surface area (Å²) in [4.78, 5) is 10.6. The lowest BCUT2D eigenvalue weighted by Gasteiger charge is -2.26. The lowest BCUT2D eigenvalue weighted by atomic mass is 9.81. The van der Waals surface area contributed by atoms with Crippen molar-refractivity contribution >= 4 is 11.0 Å². The highest BCUT2D eigenvalue weighted by Crippen LogP contribution is 2.43. The van der Waals surface area contributed by atoms with Gasteiger partial charge in [-0.05, 0) is 141 Å². The minimum Gasteiger partial charge on any atom is -0.507 e. The molecule has 1 N–H and O–H groups in total. The second-order valence-electron chi connectivity index (χ2n) is 17.8. The third-order valence-electron chi connectivity index (χ3n) is 13.1. The van der Waals surface area contributed by atoms with Gasteiger partial charge < -0.3 is 5.11 Å². The monoisotopic (exact) mass is 841 g/mol. The van der Waals surface area contributed by atoms with Gasteiger partial charge >= 0.3 is 0 Å². The summed E-state index contributed by atoms with van der Waals surface area (Å²) >= 11 is 0. The average molecular weight is 842 g/mol. The van der Waals surface area contributed by atoms with E-state index in [1.807, 2.05) is 25.3 Å². The predicted octanol–water partition coefficient (Wildman–Crippen LogP) is 16.1. The van der Waals surface area contributed by atoms with Crippen LogP contribution in [-0.4, -0.2) is 19.6 Å². The van der Waals surface area contributed by atoms with E-state index in [1.165, 1.54) is 16.7 Å². The molecule has 0 spiro atoms. The molecule has 4 heteroatoms. The molecular weight excluding hydrogens is 791 g/mol. The Bertz CT molecular complexity index is 3330. The number of phenols is 1. The number of fused-ring (bicyclic) bond motifs is 1. The molecule has 0 radical (unpaired) electrons. The van der Waals surface area contributed by atoms with Crippen LogP contribution in [0.15, 0.2) is 200 Å². The van der Waals surface area contributed by atoms with Gasteiger partial charge in [0.2, 0.25) is 0 Å². The largest absolute Gasteiger partial charge is 0.507 e. The maximum absolute atomic E-state index is 11.9. The Balaban J connectivity index is 1.19. The topological polar surface area (TPSA) is 50.9 Å². The van der Waals surface area contributed by atoms with Crippen LogP contribution in [0.5, 0.6) is 5.75 Å². The van der Waals surface area contributed by atoms with E-state index in [1.54, 1.807) is 0 Å². The Labute approximate surface area is 382 Å². The molecular formula is C61H51N3O. The van der Waals surface area contributed by atoms with Crippen molar-refractivity contribution in [2.75, 3.05) is 0 Å². The fourth-order valence-corrected chi connectivity index (χ4v) is 9.07. The zero-order valence-corrected chi connectivity index (χ0v) is 37.5. The smallest absolute Gasteiger partial charge is 0.149 e. The van der Waals surface area contributed by atoms with Crippen molar-refractivity contribution in [1.29, 1.82) is 0 Å². The molecule has 0 fully saturated rings. The van der Waals surface area contributed by atoms with Crippen LogP contribution in [0.4, 0.5) is 0 Å². The molecule has 0 aliphatic carbocycles. The summed E-state index contributed by atoms with van der Waals surface area (Å²) in [5.74, 6) is 0.913. The Morgan fingerprint density at radius 1 is 0.492 bits per heavy atom. The van der Waals surface area contributed by atoms with Crippen LogP contribution in [0.1, 0.15) is 43.9 Å². The standard InChI is InChI=1S/C61H51N3O/c1-6-61(4,5)51-29-30-56(53(39-51)46-21-14-9-15-22-46)64-57-24-16-23-52(58(57)63-60(64)54-34-40(2)33-41(3)59(54)65)49-35-48(43-19-12-8-13-20-43)36-50(37-49)55-38-47(31-32-62-55)45-27-25-44(26-28-45)42-17-10-7-11-18-42/h7-39,65H,6H2,1-5H3. The summed E-state index contributed by atoms with van der Waals surface area (Å²) in [6.07, 6.45) is 2.91. The Hall–Kier alpha value is -7.82. The zero-order valence-electron chi connectivity index (χ0n) is 37.5. The van der Waals surface area contributed by atoms with Gasteiger partial charge in [-0.15, -0.1) is 0 Å². The van der Waals surface area contributed by atoms with Crippen molar-refractivity contribution in [2.45, 2.75) is 46.5 Å². The summed E-state index contributed by atoms with van der Waals surface area (Å²) in [5, 5.41) is 11.9. The first kappa shape index (κ1) is 41.2. The van der Waals surface area contributed by atoms with Gasteiger partial charge in [0.25, 0.3) is 0 Å². The van der Waals surface area contributed by atoms with Gasteiger partial charge in [0.15, 0.2) is 0 Å². The zero-order chi connectivity index (χ0) is 44.7. The fourth-order valence-electron chi connectivity index (χ4n) is 9.07. The Kier molecular flexibility index (Phi) is 10.8. The summed E-state index contributed by atoms with van der Waals surface area (Å²) in [5.41, 5.74) is 19.5. The first-order chi connectivity index (χ1) is 31.6. The number of hydrogen-bond acceptors (Lipinski definition) is 3. The molecule has 0 atom stereocenters. The maximum Gasteiger partial charge on any atom is 0.149 e. The first-order valence-electron chi connectivity index (χ1n) is 22.5. The molecule has 0 amide bonds. The summed E-state index contributed by atoms with van der Waals surface area (Å²) in [6.45, 7) is 10.9. The Morgan fingerprint density at radius 3 is 1.77 bits per heavy atom. The number of imidazole rings is 1. The van der Waals surface area contributed by atoms with Gasteiger partial charge in [-0.3, -0.25) is 9.55 Å². The minimum absolute atomic E-state index is 0.0240. The molecule has 0 unspecified atom stereocenters. The van der Waals surface area contributed by atoms with Crippen molar-refractivity contribution < 1.29 is 5.11 Å². The van der Waals surface area contributed by atoms with E-state index in [-0.39, 0.29) is 11.2 Å². The van der Waals surface area contributed by atoms with Crippen LogP contribution >= 0.6 is 0 Å². The molecule has 2 aromatic heterocycles. The molecule has 10 rings (SSSR count). The number of aromatic hydroxyl groups is 1. The van der Waals surface area contributed by atoms with Crippen molar-refractivity contribution in [3.8, 4) is 89.7 Å². The molecule has 65 heavy (non-hydrogen) atoms. The minimum atomic E-state index is -0.0240. The van der Waals surface area contributed by atoms with Crippen LogP contribution in [0, 0.1) is 13.8 Å². The van der Waals surface area contributed by atoms with Gasteiger partial charge in [0.05, 0.1) is 28.0 Å². The van der Waals surface area contributed by atoms with E-state index in [0.717, 1.165) is 90.0 Å². The molecule has 10 aromatic rings. The van der Waals surface area contributed by atoms with E-state index < -0.39 is 0 Å². The van der Waals surface area contributed by atoms with E-state index in [4.69, 9.17) is 9.97 Å². The summed E-state index contributed by atoms with van der Waals surface area (Å²) in [7, 11) is 0. The van der Waals surface area contributed by atoms with Gasteiger partial charge in [0, 0.05) is 22.9 Å². The van der Waals surface area contributed by atoms with E-state index in [2.05, 4.69) is 214 Å². The third-order valence-corrected chi connectivity index (χ3v) is 13.1. The molecule has 2 heterocycles. The molecule has 0 aliphatic heterocycles. The number of benzene rings is 8. The summed E-state index contributed by atoms with van der Waals surface area (Å²) < 4.78 is 2.26. The van der Waals surface area contributed by atoms with Crippen LogP contribution in [0.3, 0.4) is 0 Å². The number of aromatic nitrogens is 3. The van der Waals surface area contributed by atoms with E-state index in [9.17, 15) is 5.11 Å². The fraction of sp³-hybridized carbons (Fsp3) is 0.115. The van der Waals surface area contributed by atoms with Gasteiger partial charge in [-0.2, -0.15) is 0 Å². The van der Waals surface area contributed by atoms with Crippen LogP contribution in [0.25, 0.3) is 95.0 Å². The maximum atomic E-state index is 11.9. The molecule has 0 saturated heterocycles. The third kappa shape index (κ3) is 7.93. The lowest BCUT2D eigenvalue weighted by Crippen LogP contribution is -2.16. The molecule has 4 nitrogen and oxygen atoms in total. The number of pyridine rings is 1. The average Bonchev–Trinajstić information content (AvgIpc) is 3.75. The van der Waals surface area contributed by atoms with E-state index in [0.29, 0.717) is 11.4 Å². The lowest BCUT2D eigenvalue weighted by molar-refractivity contribution is 0.472. The van der Waals surface area contributed by atoms with Crippen molar-refractivity contribution in [1.82, 2.24) is 14.5 Å². The highest BCUT2D eigenvalue weighted by Gasteiger charge is 2.25. The van der Waals surface area contributed by atoms with Gasteiger partial charge in [-0.25, -0.2) is 4.98 Å². The van der Waals surface area contributed by atoms with Crippen LogP contribution in [0.2, 0.25) is 0 Å². The number of para-hydroxylation sites is 1.